The van der Waals surface area contributed by atoms with Crippen molar-refractivity contribution in [3.8, 4) is 0 Å². The Morgan fingerprint density at radius 1 is 0.627 bits per heavy atom. The molecule has 0 saturated heterocycles. The van der Waals surface area contributed by atoms with Crippen molar-refractivity contribution in [1.82, 2.24) is 4.90 Å². The first-order chi connectivity index (χ1) is 24.8. The van der Waals surface area contributed by atoms with Crippen LogP contribution >= 0.6 is 0 Å². The first-order valence-electron chi connectivity index (χ1n) is 21.5. The molecule has 296 valence electrons. The number of carbonyl (C=O) groups is 2. The van der Waals surface area contributed by atoms with Crippen molar-refractivity contribution in [3.05, 3.63) is 20.4 Å². The second kappa shape index (κ2) is 32.4. The summed E-state index contributed by atoms with van der Waals surface area (Å²) < 4.78 is 6.04. The van der Waals surface area contributed by atoms with E-state index in [1.54, 1.807) is 0 Å². The Hall–Kier alpha value is -2.22. The van der Waals surface area contributed by atoms with E-state index in [9.17, 15) is 19.2 Å². The number of aldehydes is 1. The zero-order valence-electron chi connectivity index (χ0n) is 33.6. The number of hydrogen-bond acceptors (Lipinski definition) is 8. The van der Waals surface area contributed by atoms with Crippen molar-refractivity contribution in [1.29, 1.82) is 0 Å². The van der Waals surface area contributed by atoms with Crippen LogP contribution in [0.3, 0.4) is 0 Å². The summed E-state index contributed by atoms with van der Waals surface area (Å²) in [6, 6.07) is 0.100. The second-order valence-corrected chi connectivity index (χ2v) is 15.3. The molecule has 0 unspecified atom stereocenters. The van der Waals surface area contributed by atoms with Crippen LogP contribution in [-0.2, 0) is 14.3 Å². The Balaban J connectivity index is 2.39. The molecule has 0 atom stereocenters. The zero-order valence-corrected chi connectivity index (χ0v) is 33.6. The van der Waals surface area contributed by atoms with E-state index in [1.165, 1.54) is 89.9 Å². The first kappa shape index (κ1) is 46.8. The van der Waals surface area contributed by atoms with Gasteiger partial charge in [-0.05, 0) is 91.3 Å². The molecule has 0 heterocycles. The highest BCUT2D eigenvalue weighted by atomic mass is 16.5. The predicted octanol–water partition coefficient (Wildman–Crippen LogP) is 10.5. The largest absolute Gasteiger partial charge is 0.462 e. The number of esters is 1. The van der Waals surface area contributed by atoms with Gasteiger partial charge in [-0.2, -0.15) is 0 Å². The highest BCUT2D eigenvalue weighted by Crippen LogP contribution is 2.19. The smallest absolute Gasteiger partial charge is 0.306 e. The summed E-state index contributed by atoms with van der Waals surface area (Å²) in [4.78, 5) is 49.9. The fourth-order valence-corrected chi connectivity index (χ4v) is 6.88. The standard InChI is InChI=1S/C43H79N3O5/c1-5-7-9-11-16-22-29-38(30-23-17-12-10-8-6-2)51-39(48)31-24-18-15-20-26-34-46(33-25-19-13-14-21-27-36-47)35-28-32-44-40-41(45-37(3)4)43(50)42(40)49/h36-38,44-45H,5-35H2,1-4H3. The molecular formula is C43H79N3O5. The van der Waals surface area contributed by atoms with Gasteiger partial charge < -0.3 is 25.1 Å². The molecule has 0 aromatic heterocycles. The van der Waals surface area contributed by atoms with Gasteiger partial charge in [0.25, 0.3) is 10.9 Å². The third kappa shape index (κ3) is 24.6. The summed E-state index contributed by atoms with van der Waals surface area (Å²) in [5.74, 6) is -0.00116. The van der Waals surface area contributed by atoms with E-state index in [0.717, 1.165) is 96.5 Å². The average molecular weight is 718 g/mol. The van der Waals surface area contributed by atoms with Gasteiger partial charge in [0.05, 0.1) is 0 Å². The lowest BCUT2D eigenvalue weighted by atomic mass is 10.0. The van der Waals surface area contributed by atoms with Crippen LogP contribution < -0.4 is 21.5 Å². The summed E-state index contributed by atoms with van der Waals surface area (Å²) in [7, 11) is 0. The summed E-state index contributed by atoms with van der Waals surface area (Å²) in [6.07, 6.45) is 31.5. The Morgan fingerprint density at radius 2 is 1.10 bits per heavy atom. The van der Waals surface area contributed by atoms with Crippen LogP contribution in [-0.4, -0.2) is 55.5 Å². The Kier molecular flexibility index (Phi) is 29.8. The Morgan fingerprint density at radius 3 is 1.65 bits per heavy atom. The lowest BCUT2D eigenvalue weighted by molar-refractivity contribution is -0.150. The van der Waals surface area contributed by atoms with Crippen LogP contribution in [0.2, 0.25) is 0 Å². The second-order valence-electron chi connectivity index (χ2n) is 15.3. The van der Waals surface area contributed by atoms with Gasteiger partial charge in [0.2, 0.25) is 0 Å². The molecular weight excluding hydrogens is 638 g/mol. The monoisotopic (exact) mass is 718 g/mol. The Bertz CT molecular complexity index is 1040. The third-order valence-corrected chi connectivity index (χ3v) is 10.0. The van der Waals surface area contributed by atoms with Crippen LogP contribution in [0.5, 0.6) is 0 Å². The minimum atomic E-state index is -0.422. The summed E-state index contributed by atoms with van der Waals surface area (Å²) in [5.41, 5.74) is 0.0227. The van der Waals surface area contributed by atoms with Gasteiger partial charge in [-0.1, -0.05) is 117 Å². The van der Waals surface area contributed by atoms with E-state index in [1.807, 2.05) is 13.8 Å². The topological polar surface area (TPSA) is 105 Å². The summed E-state index contributed by atoms with van der Waals surface area (Å²) in [6.45, 7) is 12.1. The van der Waals surface area contributed by atoms with Crippen molar-refractivity contribution < 1.29 is 14.3 Å². The molecule has 0 amide bonds. The SMILES string of the molecule is CCCCCCCCC(CCCCCCCC)OC(=O)CCCCCCCN(CCCCCCCC=O)CCCNc1c(NC(C)C)c(=O)c1=O. The molecule has 2 N–H and O–H groups in total. The number of hydrogen-bond donors (Lipinski definition) is 2. The molecule has 1 aromatic rings. The zero-order chi connectivity index (χ0) is 37.4. The van der Waals surface area contributed by atoms with Gasteiger partial charge >= 0.3 is 5.97 Å². The number of unbranched alkanes of at least 4 members (excludes halogenated alkanes) is 19. The third-order valence-electron chi connectivity index (χ3n) is 10.0. The van der Waals surface area contributed by atoms with E-state index in [4.69, 9.17) is 4.74 Å². The summed E-state index contributed by atoms with van der Waals surface area (Å²) >= 11 is 0. The van der Waals surface area contributed by atoms with Crippen molar-refractivity contribution in [2.45, 2.75) is 213 Å². The normalized spacial score (nSPS) is 11.7. The van der Waals surface area contributed by atoms with Crippen LogP contribution in [0.1, 0.15) is 201 Å². The molecule has 0 bridgehead atoms. The van der Waals surface area contributed by atoms with E-state index >= 15 is 0 Å². The van der Waals surface area contributed by atoms with Crippen molar-refractivity contribution in [2.75, 3.05) is 36.8 Å². The average Bonchev–Trinajstić information content (AvgIpc) is 3.12. The highest BCUT2D eigenvalue weighted by molar-refractivity contribution is 5.74. The highest BCUT2D eigenvalue weighted by Gasteiger charge is 2.21. The van der Waals surface area contributed by atoms with Crippen LogP contribution in [0.25, 0.3) is 0 Å². The first-order valence-corrected chi connectivity index (χ1v) is 21.5. The number of nitrogens with one attached hydrogen (secondary N) is 2. The number of nitrogens with zero attached hydrogens (tertiary/aromatic N) is 1. The van der Waals surface area contributed by atoms with Crippen LogP contribution in [0, 0.1) is 0 Å². The van der Waals surface area contributed by atoms with Gasteiger partial charge in [0.1, 0.15) is 23.8 Å². The molecule has 1 rings (SSSR count). The van der Waals surface area contributed by atoms with E-state index < -0.39 is 10.9 Å². The maximum absolute atomic E-state index is 12.8. The van der Waals surface area contributed by atoms with Crippen molar-refractivity contribution in [3.63, 3.8) is 0 Å². The minimum Gasteiger partial charge on any atom is -0.462 e. The molecule has 8 nitrogen and oxygen atoms in total. The molecule has 0 saturated carbocycles. The molecule has 8 heteroatoms. The number of rotatable bonds is 38. The van der Waals surface area contributed by atoms with Gasteiger partial charge in [0, 0.05) is 25.4 Å². The predicted molar refractivity (Wildman–Crippen MR) is 217 cm³/mol. The number of carbonyl (C=O) groups excluding carboxylic acids is 2. The molecule has 0 aliphatic rings. The lowest BCUT2D eigenvalue weighted by Crippen LogP contribution is -2.39. The number of anilines is 2. The minimum absolute atomic E-state index is 0.00116. The van der Waals surface area contributed by atoms with Gasteiger partial charge in [-0.15, -0.1) is 0 Å². The van der Waals surface area contributed by atoms with Gasteiger partial charge in [-0.3, -0.25) is 14.4 Å². The van der Waals surface area contributed by atoms with E-state index in [0.29, 0.717) is 30.8 Å². The van der Waals surface area contributed by atoms with Crippen molar-refractivity contribution >= 4 is 23.6 Å². The van der Waals surface area contributed by atoms with Crippen LogP contribution in [0.15, 0.2) is 9.59 Å². The number of ether oxygens (including phenoxy) is 1. The molecule has 0 radical (unpaired) electrons. The lowest BCUT2D eigenvalue weighted by Gasteiger charge is -2.23. The maximum atomic E-state index is 12.8. The van der Waals surface area contributed by atoms with E-state index in [2.05, 4.69) is 29.4 Å². The van der Waals surface area contributed by atoms with Crippen molar-refractivity contribution in [2.24, 2.45) is 0 Å². The summed E-state index contributed by atoms with van der Waals surface area (Å²) in [5, 5.41) is 6.30. The molecule has 0 spiro atoms. The molecule has 1 aromatic carbocycles. The Labute approximate surface area is 312 Å². The maximum Gasteiger partial charge on any atom is 0.306 e. The van der Waals surface area contributed by atoms with Crippen LogP contribution in [0.4, 0.5) is 11.4 Å². The fourth-order valence-electron chi connectivity index (χ4n) is 6.88. The molecule has 0 fully saturated rings. The van der Waals surface area contributed by atoms with Gasteiger partial charge in [0.15, 0.2) is 0 Å². The fraction of sp³-hybridized carbons (Fsp3) is 0.860. The molecule has 51 heavy (non-hydrogen) atoms. The van der Waals surface area contributed by atoms with Gasteiger partial charge in [-0.25, -0.2) is 0 Å². The molecule has 0 aliphatic carbocycles. The van der Waals surface area contributed by atoms with E-state index in [-0.39, 0.29) is 18.1 Å². The quantitative estimate of drug-likeness (QED) is 0.0301. The molecule has 0 aliphatic heterocycles.